The van der Waals surface area contributed by atoms with Gasteiger partial charge in [0.15, 0.2) is 0 Å². The molecule has 8 heteroatoms. The topological polar surface area (TPSA) is 92.5 Å². The Morgan fingerprint density at radius 2 is 1.93 bits per heavy atom. The molecule has 1 aliphatic heterocycles. The summed E-state index contributed by atoms with van der Waals surface area (Å²) < 4.78 is 28.1. The summed E-state index contributed by atoms with van der Waals surface area (Å²) in [6.07, 6.45) is 1.66. The lowest BCUT2D eigenvalue weighted by Gasteiger charge is -2.30. The fourth-order valence-electron chi connectivity index (χ4n) is 3.34. The minimum atomic E-state index is -3.70. The van der Waals surface area contributed by atoms with Gasteiger partial charge in [0.2, 0.25) is 0 Å². The summed E-state index contributed by atoms with van der Waals surface area (Å²) in [4.78, 5) is 11.7. The fourth-order valence-corrected chi connectivity index (χ4v) is 5.74. The van der Waals surface area contributed by atoms with E-state index in [-0.39, 0.29) is 4.90 Å². The lowest BCUT2D eigenvalue weighted by molar-refractivity contribution is 0.100. The summed E-state index contributed by atoms with van der Waals surface area (Å²) in [5, 5.41) is 5.45. The summed E-state index contributed by atoms with van der Waals surface area (Å²) in [5.74, 6) is -0.530. The number of benzene rings is 2. The van der Waals surface area contributed by atoms with Crippen LogP contribution in [0.25, 0.3) is 0 Å². The molecular formula is C20H19N3O3S2. The first-order valence-electron chi connectivity index (χ1n) is 8.82. The highest BCUT2D eigenvalue weighted by atomic mass is 32.2. The van der Waals surface area contributed by atoms with Crippen molar-refractivity contribution in [1.82, 2.24) is 0 Å². The molecule has 1 amide bonds. The average Bonchev–Trinajstić information content (AvgIpc) is 3.16. The van der Waals surface area contributed by atoms with E-state index in [9.17, 15) is 13.2 Å². The number of nitrogens with two attached hydrogens (primary N) is 1. The number of amides is 1. The highest BCUT2D eigenvalue weighted by Gasteiger charge is 2.29. The van der Waals surface area contributed by atoms with Gasteiger partial charge in [-0.3, -0.25) is 9.10 Å². The number of carbonyl (C=O) groups excluding carboxylic acids is 1. The van der Waals surface area contributed by atoms with Crippen LogP contribution in [0.2, 0.25) is 0 Å². The minimum absolute atomic E-state index is 0.200. The molecule has 0 radical (unpaired) electrons. The third kappa shape index (κ3) is 3.36. The molecule has 0 atom stereocenters. The molecule has 1 aromatic heterocycles. The van der Waals surface area contributed by atoms with Gasteiger partial charge in [-0.15, -0.1) is 11.3 Å². The second kappa shape index (κ2) is 7.29. The molecule has 0 unspecified atom stereocenters. The number of fused-ring (bicyclic) bond motifs is 1. The van der Waals surface area contributed by atoms with Crippen molar-refractivity contribution in [2.45, 2.75) is 17.7 Å². The number of primary amides is 1. The van der Waals surface area contributed by atoms with Crippen LogP contribution in [0.3, 0.4) is 0 Å². The lowest BCUT2D eigenvalue weighted by Crippen LogP contribution is -2.35. The highest BCUT2D eigenvalue weighted by Crippen LogP contribution is 2.33. The van der Waals surface area contributed by atoms with Gasteiger partial charge in [-0.2, -0.15) is 0 Å². The number of carbonyl (C=O) groups is 1. The number of rotatable bonds is 5. The van der Waals surface area contributed by atoms with Crippen LogP contribution in [0, 0.1) is 0 Å². The van der Waals surface area contributed by atoms with Crippen LogP contribution in [0.4, 0.5) is 16.4 Å². The van der Waals surface area contributed by atoms with Gasteiger partial charge < -0.3 is 11.1 Å². The summed E-state index contributed by atoms with van der Waals surface area (Å²) in [6.45, 7) is 0.452. The van der Waals surface area contributed by atoms with Crippen molar-refractivity contribution in [1.29, 1.82) is 0 Å². The molecule has 0 saturated carbocycles. The van der Waals surface area contributed by atoms with E-state index in [2.05, 4.69) is 5.32 Å². The van der Waals surface area contributed by atoms with Gasteiger partial charge in [-0.1, -0.05) is 24.3 Å². The summed E-state index contributed by atoms with van der Waals surface area (Å²) in [6, 6.07) is 15.8. The number of hydrogen-bond acceptors (Lipinski definition) is 5. The zero-order chi connectivity index (χ0) is 19.7. The van der Waals surface area contributed by atoms with Gasteiger partial charge in [0.1, 0.15) is 5.00 Å². The minimum Gasteiger partial charge on any atom is -0.366 e. The number of hydrogen-bond donors (Lipinski definition) is 2. The summed E-state index contributed by atoms with van der Waals surface area (Å²) >= 11 is 1.33. The molecule has 4 rings (SSSR count). The number of sulfonamides is 1. The van der Waals surface area contributed by atoms with Crippen molar-refractivity contribution in [2.75, 3.05) is 16.2 Å². The van der Waals surface area contributed by atoms with Gasteiger partial charge in [0.25, 0.3) is 15.9 Å². The first kappa shape index (κ1) is 18.5. The molecule has 0 spiro atoms. The zero-order valence-electron chi connectivity index (χ0n) is 15.0. The van der Waals surface area contributed by atoms with Gasteiger partial charge in [-0.05, 0) is 54.1 Å². The van der Waals surface area contributed by atoms with E-state index in [1.807, 2.05) is 24.3 Å². The van der Waals surface area contributed by atoms with Crippen molar-refractivity contribution in [3.05, 3.63) is 71.1 Å². The third-order valence-corrected chi connectivity index (χ3v) is 7.32. The molecule has 144 valence electrons. The van der Waals surface area contributed by atoms with E-state index in [0.717, 1.165) is 24.1 Å². The van der Waals surface area contributed by atoms with Crippen LogP contribution in [-0.4, -0.2) is 20.9 Å². The van der Waals surface area contributed by atoms with Crippen LogP contribution in [0.15, 0.2) is 64.9 Å². The summed E-state index contributed by atoms with van der Waals surface area (Å²) in [7, 11) is -3.70. The normalized spacial score (nSPS) is 13.8. The predicted octanol–water partition coefficient (Wildman–Crippen LogP) is 3.73. The monoisotopic (exact) mass is 413 g/mol. The van der Waals surface area contributed by atoms with Crippen LogP contribution in [0.1, 0.15) is 22.3 Å². The van der Waals surface area contributed by atoms with Crippen LogP contribution in [-0.2, 0) is 16.4 Å². The van der Waals surface area contributed by atoms with Crippen LogP contribution in [0.5, 0.6) is 0 Å². The number of anilines is 3. The van der Waals surface area contributed by atoms with Gasteiger partial charge in [-0.25, -0.2) is 8.42 Å². The van der Waals surface area contributed by atoms with Crippen LogP contribution < -0.4 is 15.4 Å². The molecule has 3 N–H and O–H groups in total. The summed E-state index contributed by atoms with van der Waals surface area (Å²) in [5.41, 5.74) is 8.11. The molecule has 3 aromatic rings. The Kier molecular flexibility index (Phi) is 4.82. The number of para-hydroxylation sites is 1. The molecule has 28 heavy (non-hydrogen) atoms. The number of thiophene rings is 1. The van der Waals surface area contributed by atoms with Crippen molar-refractivity contribution in [3.8, 4) is 0 Å². The maximum Gasteiger partial charge on any atom is 0.264 e. The molecule has 6 nitrogen and oxygen atoms in total. The Balaban J connectivity index is 1.68. The van der Waals surface area contributed by atoms with E-state index < -0.39 is 15.9 Å². The predicted molar refractivity (Wildman–Crippen MR) is 112 cm³/mol. The lowest BCUT2D eigenvalue weighted by atomic mass is 10.0. The Labute approximate surface area is 167 Å². The molecule has 2 aromatic carbocycles. The van der Waals surface area contributed by atoms with Crippen LogP contribution >= 0.6 is 11.3 Å². The maximum atomic E-state index is 13.3. The third-order valence-electron chi connectivity index (χ3n) is 4.68. The van der Waals surface area contributed by atoms with E-state index in [1.165, 1.54) is 15.6 Å². The van der Waals surface area contributed by atoms with Crippen molar-refractivity contribution in [3.63, 3.8) is 0 Å². The maximum absolute atomic E-state index is 13.3. The first-order valence-corrected chi connectivity index (χ1v) is 11.1. The number of aryl methyl sites for hydroxylation is 1. The molecule has 0 bridgehead atoms. The Morgan fingerprint density at radius 3 is 2.75 bits per heavy atom. The second-order valence-corrected chi connectivity index (χ2v) is 9.27. The molecule has 2 heterocycles. The van der Waals surface area contributed by atoms with Gasteiger partial charge in [0.05, 0.1) is 16.1 Å². The Morgan fingerprint density at radius 1 is 1.11 bits per heavy atom. The standard InChI is InChI=1S/C20H19N3O3S2/c21-19(24)17-10-12-27-20(17)22-15-7-3-8-16(13-15)28(25,26)23-11-4-6-14-5-1-2-9-18(14)23/h1-3,5,7-10,12-13,22H,4,6,11H2,(H2,21,24). The van der Waals surface area contributed by atoms with E-state index in [1.54, 1.807) is 35.7 Å². The molecule has 0 fully saturated rings. The average molecular weight is 414 g/mol. The second-order valence-electron chi connectivity index (χ2n) is 6.49. The molecule has 1 aliphatic rings. The SMILES string of the molecule is NC(=O)c1ccsc1Nc1cccc(S(=O)(=O)N2CCCc3ccccc32)c1. The zero-order valence-corrected chi connectivity index (χ0v) is 16.6. The van der Waals surface area contributed by atoms with Crippen molar-refractivity contribution >= 4 is 43.6 Å². The Hall–Kier alpha value is -2.84. The van der Waals surface area contributed by atoms with E-state index >= 15 is 0 Å². The molecular weight excluding hydrogens is 394 g/mol. The molecule has 0 saturated heterocycles. The number of nitrogens with one attached hydrogen (secondary N) is 1. The molecule has 0 aliphatic carbocycles. The first-order chi connectivity index (χ1) is 13.5. The van der Waals surface area contributed by atoms with E-state index in [0.29, 0.717) is 22.8 Å². The Bertz CT molecular complexity index is 1140. The van der Waals surface area contributed by atoms with E-state index in [4.69, 9.17) is 5.73 Å². The fraction of sp³-hybridized carbons (Fsp3) is 0.150. The van der Waals surface area contributed by atoms with Gasteiger partial charge in [0, 0.05) is 12.2 Å². The van der Waals surface area contributed by atoms with Crippen molar-refractivity contribution < 1.29 is 13.2 Å². The van der Waals surface area contributed by atoms with Crippen molar-refractivity contribution in [2.24, 2.45) is 5.73 Å². The largest absolute Gasteiger partial charge is 0.366 e. The highest BCUT2D eigenvalue weighted by molar-refractivity contribution is 7.92. The number of nitrogens with zero attached hydrogens (tertiary/aromatic N) is 1. The van der Waals surface area contributed by atoms with Gasteiger partial charge >= 0.3 is 0 Å². The quantitative estimate of drug-likeness (QED) is 0.667. The smallest absolute Gasteiger partial charge is 0.264 e.